The van der Waals surface area contributed by atoms with E-state index in [0.717, 1.165) is 6.54 Å². The lowest BCUT2D eigenvalue weighted by Gasteiger charge is -2.08. The average Bonchev–Trinajstić information content (AvgIpc) is 2.89. The molecule has 0 unspecified atom stereocenters. The van der Waals surface area contributed by atoms with Crippen molar-refractivity contribution < 1.29 is 30.7 Å². The number of halogens is 3. The standard InChI is InChI=1S/C13H25N2.CHF3O3S/c1-3-5-6-7-8-9-10-15-12-11-14(4-2)13-15;2-1(3,4)8(5,6)7/h11-13H,3-10H2,1-2H3;(H,5,6,7)/q+1;/p-1. The summed E-state index contributed by atoms with van der Waals surface area (Å²) in [5.41, 5.74) is -5.65. The molecule has 136 valence electrons. The van der Waals surface area contributed by atoms with Gasteiger partial charge in [-0.05, 0) is 19.8 Å². The van der Waals surface area contributed by atoms with Crippen molar-refractivity contribution in [1.29, 1.82) is 0 Å². The second-order valence-electron chi connectivity index (χ2n) is 5.15. The highest BCUT2D eigenvalue weighted by Gasteiger charge is 2.36. The first-order chi connectivity index (χ1) is 10.6. The molecule has 0 aliphatic rings. The number of hydrogen-bond acceptors (Lipinski definition) is 3. The maximum absolute atomic E-state index is 10.7. The van der Waals surface area contributed by atoms with Crippen LogP contribution < -0.4 is 4.57 Å². The zero-order valence-corrected chi connectivity index (χ0v) is 14.4. The molecule has 0 atom stereocenters. The van der Waals surface area contributed by atoms with Gasteiger partial charge < -0.3 is 4.55 Å². The first-order valence-electron chi connectivity index (χ1n) is 7.68. The number of nitrogens with zero attached hydrogens (tertiary/aromatic N) is 2. The van der Waals surface area contributed by atoms with Crippen molar-refractivity contribution in [3.05, 3.63) is 18.7 Å². The Kier molecular flexibility index (Phi) is 10.1. The van der Waals surface area contributed by atoms with E-state index >= 15 is 0 Å². The van der Waals surface area contributed by atoms with E-state index < -0.39 is 15.6 Å². The Bertz CT molecular complexity index is 528. The van der Waals surface area contributed by atoms with Gasteiger partial charge in [0, 0.05) is 0 Å². The molecule has 1 aromatic heterocycles. The largest absolute Gasteiger partial charge is 0.741 e. The van der Waals surface area contributed by atoms with Crippen molar-refractivity contribution in [2.45, 2.75) is 71.0 Å². The summed E-state index contributed by atoms with van der Waals surface area (Å²) in [6.45, 7) is 6.70. The summed E-state index contributed by atoms with van der Waals surface area (Å²) in [7, 11) is -6.09. The number of unbranched alkanes of at least 4 members (excludes halogenated alkanes) is 5. The van der Waals surface area contributed by atoms with Gasteiger partial charge in [-0.2, -0.15) is 13.2 Å². The summed E-state index contributed by atoms with van der Waals surface area (Å²) in [6.07, 6.45) is 14.8. The molecule has 0 saturated carbocycles. The van der Waals surface area contributed by atoms with Gasteiger partial charge in [-0.15, -0.1) is 0 Å². The Balaban J connectivity index is 0.000000515. The lowest BCUT2D eigenvalue weighted by Crippen LogP contribution is -2.28. The van der Waals surface area contributed by atoms with Crippen LogP contribution in [0.25, 0.3) is 0 Å². The van der Waals surface area contributed by atoms with Crippen molar-refractivity contribution in [3.8, 4) is 0 Å². The number of hydrogen-bond donors (Lipinski definition) is 0. The number of imidazole rings is 1. The number of aromatic nitrogens is 2. The molecule has 0 aliphatic heterocycles. The Hall–Kier alpha value is -1.09. The third kappa shape index (κ3) is 10.3. The minimum atomic E-state index is -6.09. The van der Waals surface area contributed by atoms with Crippen LogP contribution in [0.5, 0.6) is 0 Å². The second-order valence-corrected chi connectivity index (χ2v) is 6.52. The van der Waals surface area contributed by atoms with Crippen LogP contribution >= 0.6 is 0 Å². The molecule has 9 heteroatoms. The molecule has 0 amide bonds. The van der Waals surface area contributed by atoms with E-state index in [1.807, 2.05) is 0 Å². The van der Waals surface area contributed by atoms with Crippen LogP contribution in [0.4, 0.5) is 13.2 Å². The van der Waals surface area contributed by atoms with Crippen LogP contribution in [0, 0.1) is 0 Å². The van der Waals surface area contributed by atoms with E-state index in [2.05, 4.69) is 41.7 Å². The van der Waals surface area contributed by atoms with Gasteiger partial charge >= 0.3 is 5.51 Å². The molecule has 5 nitrogen and oxygen atoms in total. The highest BCUT2D eigenvalue weighted by molar-refractivity contribution is 7.86. The van der Waals surface area contributed by atoms with Crippen LogP contribution in [0.2, 0.25) is 0 Å². The summed E-state index contributed by atoms with van der Waals surface area (Å²) in [6, 6.07) is 0. The molecule has 0 N–H and O–H groups in total. The van der Waals surface area contributed by atoms with E-state index in [0.29, 0.717) is 0 Å². The van der Waals surface area contributed by atoms with Crippen molar-refractivity contribution in [1.82, 2.24) is 4.57 Å². The molecule has 1 rings (SSSR count). The fourth-order valence-corrected chi connectivity index (χ4v) is 1.83. The fourth-order valence-electron chi connectivity index (χ4n) is 1.83. The molecule has 1 heterocycles. The quantitative estimate of drug-likeness (QED) is 0.310. The maximum Gasteiger partial charge on any atom is 0.485 e. The monoisotopic (exact) mass is 358 g/mol. The summed E-state index contributed by atoms with van der Waals surface area (Å²) in [5, 5.41) is 0. The van der Waals surface area contributed by atoms with Gasteiger partial charge in [0.1, 0.15) is 12.4 Å². The molecule has 0 aromatic carbocycles. The zero-order chi connectivity index (χ0) is 17.9. The Morgan fingerprint density at radius 2 is 1.61 bits per heavy atom. The summed E-state index contributed by atoms with van der Waals surface area (Å²) >= 11 is 0. The molecule has 0 fully saturated rings. The predicted octanol–water partition coefficient (Wildman–Crippen LogP) is 3.21. The SMILES string of the molecule is CCCCCCCCn1cc[n+](CC)c1.O=S(=O)([O-])C(F)(F)F. The van der Waals surface area contributed by atoms with Crippen molar-refractivity contribution in [2.75, 3.05) is 0 Å². The van der Waals surface area contributed by atoms with E-state index in [1.165, 1.54) is 45.1 Å². The maximum atomic E-state index is 10.7. The molecule has 23 heavy (non-hydrogen) atoms. The van der Waals surface area contributed by atoms with E-state index in [4.69, 9.17) is 13.0 Å². The van der Waals surface area contributed by atoms with Gasteiger partial charge in [-0.25, -0.2) is 17.6 Å². The van der Waals surface area contributed by atoms with Crippen molar-refractivity contribution in [2.24, 2.45) is 0 Å². The van der Waals surface area contributed by atoms with E-state index in [9.17, 15) is 13.2 Å². The molecule has 0 bridgehead atoms. The third-order valence-electron chi connectivity index (χ3n) is 3.16. The van der Waals surface area contributed by atoms with Crippen molar-refractivity contribution >= 4 is 10.1 Å². The zero-order valence-electron chi connectivity index (χ0n) is 13.6. The normalized spacial score (nSPS) is 11.9. The minimum absolute atomic E-state index is 1.07. The van der Waals surface area contributed by atoms with E-state index in [1.54, 1.807) is 0 Å². The topological polar surface area (TPSA) is 66.0 Å². The molecule has 0 radical (unpaired) electrons. The number of aryl methyl sites for hydroxylation is 2. The molecular formula is C14H25F3N2O3S. The molecule has 1 aromatic rings. The van der Waals surface area contributed by atoms with Crippen LogP contribution in [0.15, 0.2) is 18.7 Å². The summed E-state index contributed by atoms with van der Waals surface area (Å²) < 4.78 is 63.4. The fraction of sp³-hybridized carbons (Fsp3) is 0.786. The third-order valence-corrected chi connectivity index (χ3v) is 3.73. The van der Waals surface area contributed by atoms with E-state index in [-0.39, 0.29) is 0 Å². The first kappa shape index (κ1) is 21.9. The molecule has 0 spiro atoms. The van der Waals surface area contributed by atoms with Gasteiger partial charge in [0.05, 0.1) is 13.1 Å². The van der Waals surface area contributed by atoms with Crippen molar-refractivity contribution in [3.63, 3.8) is 0 Å². The van der Waals surface area contributed by atoms with Crippen LogP contribution in [-0.4, -0.2) is 23.0 Å². The minimum Gasteiger partial charge on any atom is -0.741 e. The number of alkyl halides is 3. The molecule has 0 aliphatic carbocycles. The highest BCUT2D eigenvalue weighted by Crippen LogP contribution is 2.20. The van der Waals surface area contributed by atoms with Gasteiger partial charge in [-0.1, -0.05) is 32.6 Å². The van der Waals surface area contributed by atoms with Crippen LogP contribution in [-0.2, 0) is 23.2 Å². The lowest BCUT2D eigenvalue weighted by molar-refractivity contribution is -0.693. The predicted molar refractivity (Wildman–Crippen MR) is 79.4 cm³/mol. The second kappa shape index (κ2) is 10.6. The molecular weight excluding hydrogens is 333 g/mol. The average molecular weight is 358 g/mol. The molecule has 0 saturated heterocycles. The smallest absolute Gasteiger partial charge is 0.485 e. The lowest BCUT2D eigenvalue weighted by atomic mass is 10.1. The van der Waals surface area contributed by atoms with Gasteiger partial charge in [0.2, 0.25) is 6.33 Å². The summed E-state index contributed by atoms with van der Waals surface area (Å²) in [4.78, 5) is 0. The van der Waals surface area contributed by atoms with Gasteiger partial charge in [0.15, 0.2) is 10.1 Å². The van der Waals surface area contributed by atoms with Gasteiger partial charge in [0.25, 0.3) is 0 Å². The van der Waals surface area contributed by atoms with Crippen LogP contribution in [0.1, 0.15) is 52.4 Å². The Morgan fingerprint density at radius 3 is 2.04 bits per heavy atom. The summed E-state index contributed by atoms with van der Waals surface area (Å²) in [5.74, 6) is 0. The van der Waals surface area contributed by atoms with Crippen LogP contribution in [0.3, 0.4) is 0 Å². The van der Waals surface area contributed by atoms with Gasteiger partial charge in [-0.3, -0.25) is 0 Å². The highest BCUT2D eigenvalue weighted by atomic mass is 32.2. The Labute approximate surface area is 135 Å². The number of rotatable bonds is 8. The Morgan fingerprint density at radius 1 is 1.09 bits per heavy atom. The first-order valence-corrected chi connectivity index (χ1v) is 9.09.